The van der Waals surface area contributed by atoms with Crippen LogP contribution in [0.1, 0.15) is 26.2 Å². The Morgan fingerprint density at radius 3 is 2.65 bits per heavy atom. The number of fused-ring (bicyclic) bond motifs is 2. The number of carboxylic acid groups (broad SMARTS) is 1. The van der Waals surface area contributed by atoms with Gasteiger partial charge in [0.25, 0.3) is 0 Å². The van der Waals surface area contributed by atoms with Gasteiger partial charge in [-0.05, 0) is 43.9 Å². The van der Waals surface area contributed by atoms with Gasteiger partial charge in [0.1, 0.15) is 5.92 Å². The maximum absolute atomic E-state index is 11.5. The maximum atomic E-state index is 11.5. The summed E-state index contributed by atoms with van der Waals surface area (Å²) in [6.45, 7) is 2.03. The fourth-order valence-electron chi connectivity index (χ4n) is 2.78. The van der Waals surface area contributed by atoms with Crippen LogP contribution in [0.5, 0.6) is 0 Å². The largest absolute Gasteiger partial charge is 0.481 e. The predicted molar refractivity (Wildman–Crippen MR) is 63.3 cm³/mol. The van der Waals surface area contributed by atoms with Gasteiger partial charge in [0.2, 0.25) is 5.91 Å². The van der Waals surface area contributed by atoms with Crippen LogP contribution >= 0.6 is 0 Å². The molecule has 3 rings (SSSR count). The second-order valence-corrected chi connectivity index (χ2v) is 5.19. The molecule has 0 aliphatic heterocycles. The molecule has 0 spiro atoms. The monoisotopic (exact) mass is 237 g/mol. The van der Waals surface area contributed by atoms with Crippen molar-refractivity contribution in [3.63, 3.8) is 0 Å². The first-order valence-electron chi connectivity index (χ1n) is 6.26. The lowest BCUT2D eigenvalue weighted by Crippen LogP contribution is -2.40. The number of aliphatic carboxylic acids is 1. The first-order valence-corrected chi connectivity index (χ1v) is 6.26. The van der Waals surface area contributed by atoms with Crippen LogP contribution in [-0.2, 0) is 9.59 Å². The minimum Gasteiger partial charge on any atom is -0.481 e. The molecule has 0 aromatic heterocycles. The Kier molecular flexibility index (Phi) is 3.50. The molecule has 3 aliphatic rings. The highest BCUT2D eigenvalue weighted by Gasteiger charge is 2.32. The van der Waals surface area contributed by atoms with E-state index in [1.54, 1.807) is 0 Å². The molecule has 4 heteroatoms. The summed E-state index contributed by atoms with van der Waals surface area (Å²) in [6.07, 6.45) is 8.14. The highest BCUT2D eigenvalue weighted by molar-refractivity contribution is 5.96. The second-order valence-electron chi connectivity index (χ2n) is 5.19. The van der Waals surface area contributed by atoms with E-state index in [1.807, 2.05) is 0 Å². The van der Waals surface area contributed by atoms with Gasteiger partial charge in [-0.1, -0.05) is 12.2 Å². The summed E-state index contributed by atoms with van der Waals surface area (Å²) >= 11 is 0. The second kappa shape index (κ2) is 4.90. The third-order valence-corrected chi connectivity index (χ3v) is 4.01. The topological polar surface area (TPSA) is 66.4 Å². The molecule has 0 radical (unpaired) electrons. The maximum Gasteiger partial charge on any atom is 0.315 e. The number of hydrogen-bond acceptors (Lipinski definition) is 2. The molecular formula is C13H19NO3. The molecule has 4 atom stereocenters. The third-order valence-electron chi connectivity index (χ3n) is 4.01. The van der Waals surface area contributed by atoms with Gasteiger partial charge in [-0.15, -0.1) is 0 Å². The Labute approximate surface area is 101 Å². The number of nitrogens with one attached hydrogen (secondary N) is 1. The van der Waals surface area contributed by atoms with E-state index in [9.17, 15) is 9.59 Å². The lowest BCUT2D eigenvalue weighted by molar-refractivity contribution is -0.146. The van der Waals surface area contributed by atoms with E-state index in [-0.39, 0.29) is 5.91 Å². The standard InChI is InChI=1S/C13H19NO3/c1-8(13(16)17)12(15)14-7-11-6-9-2-4-10(11)5-3-9/h2,4,8-11H,3,5-7H2,1H3,(H,14,15)(H,16,17). The number of hydrogen-bond donors (Lipinski definition) is 2. The predicted octanol–water partition coefficient (Wildman–Crippen LogP) is 1.43. The van der Waals surface area contributed by atoms with Gasteiger partial charge in [0, 0.05) is 6.54 Å². The molecule has 17 heavy (non-hydrogen) atoms. The molecule has 0 aromatic carbocycles. The summed E-state index contributed by atoms with van der Waals surface area (Å²) in [5.41, 5.74) is 0. The van der Waals surface area contributed by atoms with E-state index in [0.29, 0.717) is 24.3 Å². The highest BCUT2D eigenvalue weighted by Crippen LogP contribution is 2.39. The molecule has 1 amide bonds. The summed E-state index contributed by atoms with van der Waals surface area (Å²) in [7, 11) is 0. The SMILES string of the molecule is CC(C(=O)O)C(=O)NCC1CC2C=CC1CC2. The van der Waals surface area contributed by atoms with E-state index >= 15 is 0 Å². The van der Waals surface area contributed by atoms with E-state index in [1.165, 1.54) is 19.8 Å². The zero-order chi connectivity index (χ0) is 12.4. The molecule has 0 heterocycles. The van der Waals surface area contributed by atoms with Crippen molar-refractivity contribution in [1.29, 1.82) is 0 Å². The molecule has 3 aliphatic carbocycles. The van der Waals surface area contributed by atoms with Crippen LogP contribution in [0.2, 0.25) is 0 Å². The highest BCUT2D eigenvalue weighted by atomic mass is 16.4. The average molecular weight is 237 g/mol. The van der Waals surface area contributed by atoms with Crippen LogP contribution in [-0.4, -0.2) is 23.5 Å². The van der Waals surface area contributed by atoms with Crippen molar-refractivity contribution in [2.24, 2.45) is 23.7 Å². The van der Waals surface area contributed by atoms with Crippen LogP contribution in [0.15, 0.2) is 12.2 Å². The van der Waals surface area contributed by atoms with Crippen LogP contribution in [0, 0.1) is 23.7 Å². The zero-order valence-corrected chi connectivity index (χ0v) is 10.1. The number of carbonyl (C=O) groups excluding carboxylic acids is 1. The average Bonchev–Trinajstić information content (AvgIpc) is 2.36. The minimum atomic E-state index is -1.06. The lowest BCUT2D eigenvalue weighted by atomic mass is 9.69. The molecule has 94 valence electrons. The summed E-state index contributed by atoms with van der Waals surface area (Å²) in [5, 5.41) is 11.5. The van der Waals surface area contributed by atoms with Crippen LogP contribution < -0.4 is 5.32 Å². The van der Waals surface area contributed by atoms with Crippen LogP contribution in [0.25, 0.3) is 0 Å². The summed E-state index contributed by atoms with van der Waals surface area (Å²) in [4.78, 5) is 22.2. The number of amides is 1. The summed E-state index contributed by atoms with van der Waals surface area (Å²) in [5.74, 6) is -0.662. The third kappa shape index (κ3) is 2.68. The Bertz CT molecular complexity index is 351. The lowest BCUT2D eigenvalue weighted by Gasteiger charge is -2.38. The van der Waals surface area contributed by atoms with E-state index in [4.69, 9.17) is 5.11 Å². The van der Waals surface area contributed by atoms with Crippen molar-refractivity contribution in [1.82, 2.24) is 5.32 Å². The fourth-order valence-corrected chi connectivity index (χ4v) is 2.78. The first-order chi connectivity index (χ1) is 8.08. The van der Waals surface area contributed by atoms with Gasteiger partial charge in [0.15, 0.2) is 0 Å². The van der Waals surface area contributed by atoms with Gasteiger partial charge in [-0.3, -0.25) is 9.59 Å². The Hall–Kier alpha value is -1.32. The van der Waals surface area contributed by atoms with Gasteiger partial charge >= 0.3 is 5.97 Å². The van der Waals surface area contributed by atoms with Crippen molar-refractivity contribution in [3.8, 4) is 0 Å². The Morgan fingerprint density at radius 2 is 2.18 bits per heavy atom. The number of carbonyl (C=O) groups is 2. The summed E-state index contributed by atoms with van der Waals surface area (Å²) in [6, 6.07) is 0. The zero-order valence-electron chi connectivity index (χ0n) is 10.1. The van der Waals surface area contributed by atoms with E-state index in [0.717, 1.165) is 6.42 Å². The number of carboxylic acids is 1. The van der Waals surface area contributed by atoms with Gasteiger partial charge < -0.3 is 10.4 Å². The summed E-state index contributed by atoms with van der Waals surface area (Å²) < 4.78 is 0. The molecule has 0 aromatic rings. The molecule has 4 nitrogen and oxygen atoms in total. The Morgan fingerprint density at radius 1 is 1.41 bits per heavy atom. The van der Waals surface area contributed by atoms with Gasteiger partial charge in [0.05, 0.1) is 0 Å². The van der Waals surface area contributed by atoms with E-state index < -0.39 is 11.9 Å². The number of allylic oxidation sites excluding steroid dienone is 2. The van der Waals surface area contributed by atoms with Gasteiger partial charge in [-0.25, -0.2) is 0 Å². The van der Waals surface area contributed by atoms with Crippen LogP contribution in [0.3, 0.4) is 0 Å². The molecular weight excluding hydrogens is 218 g/mol. The van der Waals surface area contributed by atoms with E-state index in [2.05, 4.69) is 17.5 Å². The van der Waals surface area contributed by atoms with Crippen LogP contribution in [0.4, 0.5) is 0 Å². The minimum absolute atomic E-state index is 0.372. The fraction of sp³-hybridized carbons (Fsp3) is 0.692. The Balaban J connectivity index is 1.81. The molecule has 1 fully saturated rings. The normalized spacial score (nSPS) is 32.2. The van der Waals surface area contributed by atoms with Crippen molar-refractivity contribution >= 4 is 11.9 Å². The van der Waals surface area contributed by atoms with Crippen molar-refractivity contribution in [2.45, 2.75) is 26.2 Å². The first kappa shape index (κ1) is 12.1. The van der Waals surface area contributed by atoms with Gasteiger partial charge in [-0.2, -0.15) is 0 Å². The number of rotatable bonds is 4. The smallest absolute Gasteiger partial charge is 0.315 e. The molecule has 4 unspecified atom stereocenters. The van der Waals surface area contributed by atoms with Crippen molar-refractivity contribution in [2.75, 3.05) is 6.54 Å². The molecule has 2 bridgehead atoms. The molecule has 2 N–H and O–H groups in total. The van der Waals surface area contributed by atoms with Crippen molar-refractivity contribution in [3.05, 3.63) is 12.2 Å². The quantitative estimate of drug-likeness (QED) is 0.574. The molecule has 0 saturated heterocycles. The van der Waals surface area contributed by atoms with Crippen molar-refractivity contribution < 1.29 is 14.7 Å². The molecule has 1 saturated carbocycles.